The molecule has 74 heavy (non-hydrogen) atoms. The highest BCUT2D eigenvalue weighted by Gasteiger charge is 2.28. The van der Waals surface area contributed by atoms with Gasteiger partial charge in [0, 0.05) is 96.4 Å². The second-order valence-corrected chi connectivity index (χ2v) is 23.7. The van der Waals surface area contributed by atoms with Gasteiger partial charge >= 0.3 is 0 Å². The van der Waals surface area contributed by atoms with Crippen LogP contribution in [-0.4, -0.2) is 74.0 Å². The summed E-state index contributed by atoms with van der Waals surface area (Å²) in [4.78, 5) is 10.1. The van der Waals surface area contributed by atoms with Gasteiger partial charge in [0.1, 0.15) is 26.2 Å². The summed E-state index contributed by atoms with van der Waals surface area (Å²) in [5.74, 6) is 0. The Hall–Kier alpha value is -4.34. The fourth-order valence-electron chi connectivity index (χ4n) is 13.7. The Morgan fingerprint density at radius 1 is 0.338 bits per heavy atom. The molecule has 4 aromatic heterocycles. The Morgan fingerprint density at radius 2 is 0.581 bits per heavy atom. The van der Waals surface area contributed by atoms with Gasteiger partial charge in [-0.15, -0.1) is 0 Å². The molecule has 0 radical (unpaired) electrons. The second-order valence-electron chi connectivity index (χ2n) is 23.7. The van der Waals surface area contributed by atoms with Crippen LogP contribution in [-0.2, 0) is 51.9 Å². The van der Waals surface area contributed by atoms with Crippen molar-refractivity contribution >= 4 is 0 Å². The average Bonchev–Trinajstić information content (AvgIpc) is 4.26. The fraction of sp³-hybridized carbons (Fsp3) is 0.606. The van der Waals surface area contributed by atoms with Crippen LogP contribution in [0, 0.1) is 0 Å². The number of aromatic nitrogens is 4. The van der Waals surface area contributed by atoms with Crippen molar-refractivity contribution in [2.75, 3.05) is 54.4 Å². The Labute approximate surface area is 449 Å². The molecule has 0 amide bonds. The van der Waals surface area contributed by atoms with E-state index in [9.17, 15) is 0 Å². The van der Waals surface area contributed by atoms with Gasteiger partial charge in [0.05, 0.1) is 0 Å². The summed E-state index contributed by atoms with van der Waals surface area (Å²) < 4.78 is 9.87. The first kappa shape index (κ1) is 54.4. The molecule has 9 rings (SSSR count). The van der Waals surface area contributed by atoms with Gasteiger partial charge in [0.25, 0.3) is 0 Å². The summed E-state index contributed by atoms with van der Waals surface area (Å²) in [7, 11) is 9.17. The van der Waals surface area contributed by atoms with Gasteiger partial charge in [0.15, 0.2) is 49.6 Å². The molecule has 0 N–H and O–H groups in total. The number of aryl methyl sites for hydroxylation is 8. The first-order valence-electron chi connectivity index (χ1n) is 30.2. The summed E-state index contributed by atoms with van der Waals surface area (Å²) in [6, 6.07) is 26.3. The van der Waals surface area contributed by atoms with E-state index in [0.717, 1.165) is 26.2 Å². The summed E-state index contributed by atoms with van der Waals surface area (Å²) in [5.41, 5.74) is 12.6. The van der Waals surface area contributed by atoms with Crippen molar-refractivity contribution in [3.63, 3.8) is 0 Å². The van der Waals surface area contributed by atoms with Gasteiger partial charge < -0.3 is 0 Å². The van der Waals surface area contributed by atoms with Crippen LogP contribution in [0.1, 0.15) is 197 Å². The normalized spacial score (nSPS) is 20.9. The molecule has 8 heterocycles. The molecule has 5 aromatic rings. The van der Waals surface area contributed by atoms with E-state index < -0.39 is 0 Å². The zero-order valence-corrected chi connectivity index (χ0v) is 46.9. The van der Waals surface area contributed by atoms with Crippen molar-refractivity contribution in [1.82, 2.24) is 19.6 Å². The lowest BCUT2D eigenvalue weighted by atomic mass is 9.88. The minimum absolute atomic E-state index is 0.581. The molecule has 8 heteroatoms. The summed E-state index contributed by atoms with van der Waals surface area (Å²) in [6.07, 6.45) is 49.3. The summed E-state index contributed by atoms with van der Waals surface area (Å²) in [6.45, 7) is 9.33. The van der Waals surface area contributed by atoms with Crippen LogP contribution in [0.4, 0.5) is 0 Å². The van der Waals surface area contributed by atoms with Gasteiger partial charge in [-0.05, 0) is 229 Å². The molecule has 4 saturated heterocycles. The number of unbranched alkanes of at least 4 members (excludes halogenated alkanes) is 8. The number of rotatable bonds is 28. The van der Waals surface area contributed by atoms with Gasteiger partial charge in [-0.25, -0.2) is 18.3 Å². The maximum absolute atomic E-state index is 2.74. The van der Waals surface area contributed by atoms with Crippen LogP contribution in [0.15, 0.2) is 110 Å². The molecular weight excluding hydrogens is 905 g/mol. The lowest BCUT2D eigenvalue weighted by Crippen LogP contribution is -2.34. The fourth-order valence-corrected chi connectivity index (χ4v) is 13.7. The molecule has 4 aliphatic rings. The minimum atomic E-state index is 0.581. The predicted molar refractivity (Wildman–Crippen MR) is 302 cm³/mol. The van der Waals surface area contributed by atoms with E-state index in [-0.39, 0.29) is 0 Å². The van der Waals surface area contributed by atoms with Gasteiger partial charge in [-0.3, -0.25) is 19.6 Å². The molecular formula is C66H98N8+4. The number of hydrogen-bond donors (Lipinski definition) is 0. The van der Waals surface area contributed by atoms with E-state index in [0.29, 0.717) is 24.2 Å². The third-order valence-corrected chi connectivity index (χ3v) is 18.1. The second kappa shape index (κ2) is 28.2. The predicted octanol–water partition coefficient (Wildman–Crippen LogP) is 11.6. The van der Waals surface area contributed by atoms with Gasteiger partial charge in [-0.1, -0.05) is 12.1 Å². The average molecular weight is 1000 g/mol. The number of nitrogens with zero attached hydrogens (tertiary/aromatic N) is 8. The molecule has 4 aliphatic heterocycles. The lowest BCUT2D eigenvalue weighted by molar-refractivity contribution is -0.698. The zero-order chi connectivity index (χ0) is 50.9. The maximum Gasteiger partial charge on any atom is 0.173 e. The van der Waals surface area contributed by atoms with Crippen molar-refractivity contribution in [1.29, 1.82) is 0 Å². The topological polar surface area (TPSA) is 28.5 Å². The molecule has 0 bridgehead atoms. The minimum Gasteiger partial charge on any atom is -0.299 e. The van der Waals surface area contributed by atoms with Crippen LogP contribution >= 0.6 is 0 Å². The van der Waals surface area contributed by atoms with Crippen molar-refractivity contribution in [2.24, 2.45) is 0 Å². The van der Waals surface area contributed by atoms with E-state index >= 15 is 0 Å². The lowest BCUT2D eigenvalue weighted by Gasteiger charge is -2.18. The first-order valence-corrected chi connectivity index (χ1v) is 30.2. The van der Waals surface area contributed by atoms with Crippen LogP contribution < -0.4 is 18.3 Å². The van der Waals surface area contributed by atoms with E-state index in [1.165, 1.54) is 203 Å². The van der Waals surface area contributed by atoms with Crippen LogP contribution in [0.25, 0.3) is 0 Å². The molecule has 8 nitrogen and oxygen atoms in total. The van der Waals surface area contributed by atoms with Gasteiger partial charge in [0.2, 0.25) is 0 Å². The van der Waals surface area contributed by atoms with Crippen molar-refractivity contribution in [3.05, 3.63) is 155 Å². The molecule has 0 spiro atoms. The number of likely N-dealkylation sites (tertiary alicyclic amines) is 4. The largest absolute Gasteiger partial charge is 0.299 e. The molecule has 4 fully saturated rings. The van der Waals surface area contributed by atoms with E-state index in [1.807, 2.05) is 0 Å². The van der Waals surface area contributed by atoms with Gasteiger partial charge in [-0.2, -0.15) is 0 Å². The van der Waals surface area contributed by atoms with Crippen LogP contribution in [0.2, 0.25) is 0 Å². The molecule has 0 aliphatic carbocycles. The third-order valence-electron chi connectivity index (χ3n) is 18.1. The summed E-state index contributed by atoms with van der Waals surface area (Å²) in [5, 5.41) is 0. The van der Waals surface area contributed by atoms with E-state index in [2.05, 4.69) is 176 Å². The van der Waals surface area contributed by atoms with Crippen molar-refractivity contribution in [3.8, 4) is 0 Å². The Morgan fingerprint density at radius 3 is 0.797 bits per heavy atom. The number of benzene rings is 1. The van der Waals surface area contributed by atoms with E-state index in [4.69, 9.17) is 0 Å². The maximum atomic E-state index is 2.74. The number of pyridine rings is 4. The highest BCUT2D eigenvalue weighted by atomic mass is 15.2. The molecule has 4 unspecified atom stereocenters. The highest BCUT2D eigenvalue weighted by Crippen LogP contribution is 2.33. The first-order chi connectivity index (χ1) is 36.3. The quantitative estimate of drug-likeness (QED) is 0.0369. The number of hydrogen-bond acceptors (Lipinski definition) is 4. The Balaban J connectivity index is 0.850. The van der Waals surface area contributed by atoms with Crippen molar-refractivity contribution < 1.29 is 18.3 Å². The Kier molecular flexibility index (Phi) is 20.7. The highest BCUT2D eigenvalue weighted by molar-refractivity contribution is 5.39. The van der Waals surface area contributed by atoms with Crippen molar-refractivity contribution in [2.45, 2.75) is 204 Å². The molecule has 4 atom stereocenters. The zero-order valence-electron chi connectivity index (χ0n) is 46.9. The summed E-state index contributed by atoms with van der Waals surface area (Å²) >= 11 is 0. The smallest absolute Gasteiger partial charge is 0.173 e. The monoisotopic (exact) mass is 1000 g/mol. The molecule has 1 aromatic carbocycles. The standard InChI is InChI=1S/C66H98N8/c1-67-37-21-33-63(67)59-29-17-45-71(51-59)41-13-5-9-25-55-49-57(27-11-7-15-43-73-47-19-31-61(53-73)65-35-23-39-69(65)3)58(28-12-8-16-44-74-48-20-32-62(54-74)66-36-24-40-70(66)4)50-56(55)26-10-6-14-42-72-46-18-30-60(52-72)64-34-22-38-68(64)2/h17-20,29-32,45-54,63-66H,5-16,21-28,33-44H2,1-4H3/q+4. The van der Waals surface area contributed by atoms with E-state index in [1.54, 1.807) is 22.3 Å². The van der Waals surface area contributed by atoms with Crippen LogP contribution in [0.3, 0.4) is 0 Å². The van der Waals surface area contributed by atoms with Crippen LogP contribution in [0.5, 0.6) is 0 Å². The SMILES string of the molecule is CN1CCCC1c1ccc[n+](CCCCCc2cc(CCCCC[n+]3cccc(C4CCCN4C)c3)c(CCCCC[n+]3cccc(C4CCCN4C)c3)cc2CCCCC[n+]2cccc(C3CCCN3C)c2)c1. The molecule has 0 saturated carbocycles. The Bertz CT molecular complexity index is 2150. The third kappa shape index (κ3) is 15.4. The molecule has 398 valence electrons.